The zero-order valence-electron chi connectivity index (χ0n) is 13.6. The van der Waals surface area contributed by atoms with Gasteiger partial charge in [-0.25, -0.2) is 0 Å². The van der Waals surface area contributed by atoms with Crippen molar-refractivity contribution in [3.8, 4) is 0 Å². The zero-order chi connectivity index (χ0) is 16.4. The summed E-state index contributed by atoms with van der Waals surface area (Å²) >= 11 is 5.93. The van der Waals surface area contributed by atoms with Crippen LogP contribution in [0.4, 0.5) is 0 Å². The molecule has 142 valence electrons. The number of rotatable bonds is 4. The zero-order valence-corrected chi connectivity index (χ0v) is 16.0. The average Bonchev–Trinajstić information content (AvgIpc) is 2.95. The second-order valence-electron chi connectivity index (χ2n) is 6.21. The molecule has 3 rings (SSSR count). The minimum Gasteiger partial charge on any atom is -0.394 e. The highest BCUT2D eigenvalue weighted by molar-refractivity contribution is 6.30. The third kappa shape index (κ3) is 5.44. The van der Waals surface area contributed by atoms with Gasteiger partial charge in [0.15, 0.2) is 0 Å². The first-order chi connectivity index (χ1) is 11.1. The molecule has 9 heteroatoms. The number of morpholine rings is 1. The van der Waals surface area contributed by atoms with Gasteiger partial charge in [0.25, 0.3) is 0 Å². The Kier molecular flexibility index (Phi) is 8.91. The van der Waals surface area contributed by atoms with E-state index in [1.807, 2.05) is 24.3 Å². The SMILES string of the molecule is Cl.Cl.N[C@@H](CO)C(=O)N[C@H]1C[C@H]2CO[C@@H](c3ccc(Cl)cc3)CN2C1. The van der Waals surface area contributed by atoms with E-state index in [0.717, 1.165) is 25.1 Å². The van der Waals surface area contributed by atoms with Gasteiger partial charge in [-0.15, -0.1) is 24.8 Å². The maximum atomic E-state index is 11.8. The molecule has 0 unspecified atom stereocenters. The lowest BCUT2D eigenvalue weighted by molar-refractivity contribution is -0.123. The summed E-state index contributed by atoms with van der Waals surface area (Å²) in [5.74, 6) is -0.299. The molecule has 0 aliphatic carbocycles. The minimum absolute atomic E-state index is 0. The minimum atomic E-state index is -0.856. The highest BCUT2D eigenvalue weighted by Crippen LogP contribution is 2.30. The summed E-state index contributed by atoms with van der Waals surface area (Å²) in [4.78, 5) is 14.1. The standard InChI is InChI=1S/C16H22ClN3O3.2ClH/c17-11-3-1-10(2-4-11)15-7-20-6-12(5-13(20)9-23-15)19-16(22)14(18)8-21;;/h1-4,12-15,21H,5-9,18H2,(H,19,22);2*1H/t12-,13-,14-,15+;;/m0../s1. The Morgan fingerprint density at radius 2 is 2.04 bits per heavy atom. The number of aliphatic hydroxyl groups is 1. The van der Waals surface area contributed by atoms with Gasteiger partial charge in [-0.05, 0) is 24.1 Å². The molecule has 4 N–H and O–H groups in total. The van der Waals surface area contributed by atoms with E-state index in [0.29, 0.717) is 17.7 Å². The van der Waals surface area contributed by atoms with Gasteiger partial charge in [0.2, 0.25) is 5.91 Å². The van der Waals surface area contributed by atoms with Crippen LogP contribution < -0.4 is 11.1 Å². The molecule has 2 aliphatic rings. The Bertz CT molecular complexity index is 561. The summed E-state index contributed by atoms with van der Waals surface area (Å²) in [5.41, 5.74) is 6.65. The van der Waals surface area contributed by atoms with E-state index in [4.69, 9.17) is 27.2 Å². The van der Waals surface area contributed by atoms with Crippen LogP contribution in [0.3, 0.4) is 0 Å². The lowest BCUT2D eigenvalue weighted by atomic mass is 10.1. The molecule has 1 amide bonds. The van der Waals surface area contributed by atoms with Gasteiger partial charge in [0.05, 0.1) is 19.3 Å². The van der Waals surface area contributed by atoms with Gasteiger partial charge in [0, 0.05) is 30.2 Å². The van der Waals surface area contributed by atoms with Gasteiger partial charge in [-0.2, -0.15) is 0 Å². The van der Waals surface area contributed by atoms with E-state index < -0.39 is 6.04 Å². The van der Waals surface area contributed by atoms with Crippen LogP contribution in [-0.2, 0) is 9.53 Å². The lowest BCUT2D eigenvalue weighted by Gasteiger charge is -2.35. The summed E-state index contributed by atoms with van der Waals surface area (Å²) in [6.07, 6.45) is 0.870. The molecule has 0 radical (unpaired) electrons. The van der Waals surface area contributed by atoms with E-state index >= 15 is 0 Å². The fraction of sp³-hybridized carbons (Fsp3) is 0.562. The summed E-state index contributed by atoms with van der Waals surface area (Å²) in [6.45, 7) is 1.88. The first kappa shape index (κ1) is 22.4. The topological polar surface area (TPSA) is 87.8 Å². The number of aliphatic hydroxyl groups excluding tert-OH is 1. The normalized spacial score (nSPS) is 26.8. The van der Waals surface area contributed by atoms with E-state index in [1.54, 1.807) is 0 Å². The monoisotopic (exact) mass is 411 g/mol. The third-order valence-electron chi connectivity index (χ3n) is 4.54. The quantitative estimate of drug-likeness (QED) is 0.690. The second-order valence-corrected chi connectivity index (χ2v) is 6.65. The van der Waals surface area contributed by atoms with Crippen molar-refractivity contribution < 1.29 is 14.6 Å². The van der Waals surface area contributed by atoms with E-state index in [1.165, 1.54) is 0 Å². The maximum absolute atomic E-state index is 11.8. The Morgan fingerprint density at radius 1 is 1.36 bits per heavy atom. The Hall–Kier alpha value is -0.600. The van der Waals surface area contributed by atoms with E-state index in [9.17, 15) is 4.79 Å². The third-order valence-corrected chi connectivity index (χ3v) is 4.79. The Balaban J connectivity index is 0.00000156. The molecule has 2 saturated heterocycles. The van der Waals surface area contributed by atoms with E-state index in [2.05, 4.69) is 10.2 Å². The fourth-order valence-corrected chi connectivity index (χ4v) is 3.37. The van der Waals surface area contributed by atoms with Crippen molar-refractivity contribution >= 4 is 42.3 Å². The highest BCUT2D eigenvalue weighted by Gasteiger charge is 2.38. The molecule has 2 aliphatic heterocycles. The number of hydrogen-bond donors (Lipinski definition) is 3. The van der Waals surface area contributed by atoms with E-state index in [-0.39, 0.29) is 49.5 Å². The molecule has 0 aromatic heterocycles. The van der Waals surface area contributed by atoms with Gasteiger partial charge < -0.3 is 20.9 Å². The number of carbonyl (C=O) groups is 1. The van der Waals surface area contributed by atoms with Crippen LogP contribution >= 0.6 is 36.4 Å². The smallest absolute Gasteiger partial charge is 0.239 e. The van der Waals surface area contributed by atoms with Crippen LogP contribution in [0.15, 0.2) is 24.3 Å². The summed E-state index contributed by atoms with van der Waals surface area (Å²) in [6, 6.07) is 7.23. The predicted octanol–water partition coefficient (Wildman–Crippen LogP) is 1.13. The van der Waals surface area contributed by atoms with Crippen molar-refractivity contribution in [1.82, 2.24) is 10.2 Å². The largest absolute Gasteiger partial charge is 0.394 e. The summed E-state index contributed by atoms with van der Waals surface area (Å²) in [5, 5.41) is 12.6. The molecule has 0 spiro atoms. The number of nitrogens with two attached hydrogens (primary N) is 1. The molecule has 2 heterocycles. The van der Waals surface area contributed by atoms with Crippen molar-refractivity contribution in [1.29, 1.82) is 0 Å². The predicted molar refractivity (Wildman–Crippen MR) is 102 cm³/mol. The number of amides is 1. The van der Waals surface area contributed by atoms with Crippen molar-refractivity contribution in [2.75, 3.05) is 26.3 Å². The number of carbonyl (C=O) groups excluding carboxylic acids is 1. The number of ether oxygens (including phenoxy) is 1. The first-order valence-electron chi connectivity index (χ1n) is 7.84. The average molecular weight is 413 g/mol. The number of halogens is 3. The van der Waals surface area contributed by atoms with Crippen LogP contribution in [0.25, 0.3) is 0 Å². The number of benzene rings is 1. The van der Waals surface area contributed by atoms with Crippen LogP contribution in [0.2, 0.25) is 5.02 Å². The Labute approximate surface area is 164 Å². The van der Waals surface area contributed by atoms with Gasteiger partial charge in [-0.1, -0.05) is 23.7 Å². The second kappa shape index (κ2) is 9.92. The van der Waals surface area contributed by atoms with Crippen LogP contribution in [0, 0.1) is 0 Å². The number of nitrogens with zero attached hydrogens (tertiary/aromatic N) is 1. The molecule has 1 aromatic rings. The molecule has 0 bridgehead atoms. The molecular formula is C16H24Cl3N3O3. The van der Waals surface area contributed by atoms with Crippen molar-refractivity contribution in [2.45, 2.75) is 30.7 Å². The van der Waals surface area contributed by atoms with Gasteiger partial charge in [0.1, 0.15) is 6.04 Å². The molecular weight excluding hydrogens is 389 g/mol. The molecule has 6 nitrogen and oxygen atoms in total. The maximum Gasteiger partial charge on any atom is 0.239 e. The van der Waals surface area contributed by atoms with Gasteiger partial charge >= 0.3 is 0 Å². The van der Waals surface area contributed by atoms with Crippen LogP contribution in [-0.4, -0.2) is 60.3 Å². The highest BCUT2D eigenvalue weighted by atomic mass is 35.5. The molecule has 0 saturated carbocycles. The molecule has 25 heavy (non-hydrogen) atoms. The van der Waals surface area contributed by atoms with Crippen molar-refractivity contribution in [2.24, 2.45) is 5.73 Å². The van der Waals surface area contributed by atoms with Crippen molar-refractivity contribution in [3.63, 3.8) is 0 Å². The summed E-state index contributed by atoms with van der Waals surface area (Å²) < 4.78 is 5.98. The molecule has 4 atom stereocenters. The fourth-order valence-electron chi connectivity index (χ4n) is 3.25. The number of fused-ring (bicyclic) bond motifs is 1. The lowest BCUT2D eigenvalue weighted by Crippen LogP contribution is -2.48. The van der Waals surface area contributed by atoms with Crippen molar-refractivity contribution in [3.05, 3.63) is 34.9 Å². The van der Waals surface area contributed by atoms with Crippen LogP contribution in [0.5, 0.6) is 0 Å². The summed E-state index contributed by atoms with van der Waals surface area (Å²) in [7, 11) is 0. The first-order valence-corrected chi connectivity index (χ1v) is 8.22. The molecule has 1 aromatic carbocycles. The molecule has 2 fully saturated rings. The Morgan fingerprint density at radius 3 is 2.68 bits per heavy atom. The van der Waals surface area contributed by atoms with Crippen LogP contribution in [0.1, 0.15) is 18.1 Å². The number of hydrogen-bond acceptors (Lipinski definition) is 5. The van der Waals surface area contributed by atoms with Gasteiger partial charge in [-0.3, -0.25) is 9.69 Å². The number of nitrogens with one attached hydrogen (secondary N) is 1.